The Balaban J connectivity index is 2.65. The summed E-state index contributed by atoms with van der Waals surface area (Å²) in [5.41, 5.74) is 2.20. The van der Waals surface area contributed by atoms with E-state index in [2.05, 4.69) is 4.98 Å². The van der Waals surface area contributed by atoms with Crippen LogP contribution < -0.4 is 0 Å². The second kappa shape index (κ2) is 4.34. The summed E-state index contributed by atoms with van der Waals surface area (Å²) in [5.74, 6) is -1.49. The van der Waals surface area contributed by atoms with Gasteiger partial charge in [0, 0.05) is 10.4 Å². The van der Waals surface area contributed by atoms with Crippen molar-refractivity contribution in [1.29, 1.82) is 0 Å². The third-order valence-electron chi connectivity index (χ3n) is 2.79. The van der Waals surface area contributed by atoms with Gasteiger partial charge in [0.2, 0.25) is 0 Å². The first kappa shape index (κ1) is 11.9. The minimum Gasteiger partial charge on any atom is -0.481 e. The zero-order valence-electron chi connectivity index (χ0n) is 9.57. The third kappa shape index (κ3) is 2.24. The fourth-order valence-electron chi connectivity index (χ4n) is 1.82. The summed E-state index contributed by atoms with van der Waals surface area (Å²) in [6.45, 7) is 3.50. The lowest BCUT2D eigenvalue weighted by atomic mass is 10.0. The van der Waals surface area contributed by atoms with Crippen molar-refractivity contribution in [3.63, 3.8) is 0 Å². The molecule has 0 radical (unpaired) electrons. The molecule has 0 amide bonds. The van der Waals surface area contributed by atoms with Gasteiger partial charge in [0.1, 0.15) is 0 Å². The molecule has 4 heteroatoms. The van der Waals surface area contributed by atoms with E-state index in [4.69, 9.17) is 16.7 Å². The molecule has 0 aliphatic rings. The van der Waals surface area contributed by atoms with Gasteiger partial charge in [-0.05, 0) is 37.6 Å². The minimum atomic E-state index is -0.873. The Bertz CT molecular complexity index is 595. The molecule has 2 aromatic rings. The highest BCUT2D eigenvalue weighted by Gasteiger charge is 2.18. The third-order valence-corrected chi connectivity index (χ3v) is 3.03. The first-order valence-corrected chi connectivity index (χ1v) is 5.66. The van der Waals surface area contributed by atoms with Gasteiger partial charge in [0.15, 0.2) is 0 Å². The highest BCUT2D eigenvalue weighted by molar-refractivity contribution is 6.31. The molecule has 1 aromatic heterocycles. The number of hydrogen-bond donors (Lipinski definition) is 1. The molecule has 88 valence electrons. The topological polar surface area (TPSA) is 50.2 Å². The lowest BCUT2D eigenvalue weighted by Gasteiger charge is -2.10. The SMILES string of the molecule is Cc1cc2ccc(Cl)cc2nc1C(C)C(=O)O. The quantitative estimate of drug-likeness (QED) is 0.888. The fraction of sp³-hybridized carbons (Fsp3) is 0.231. The molecular weight excluding hydrogens is 238 g/mol. The van der Waals surface area contributed by atoms with Gasteiger partial charge in [-0.2, -0.15) is 0 Å². The van der Waals surface area contributed by atoms with Crippen molar-refractivity contribution >= 4 is 28.5 Å². The van der Waals surface area contributed by atoms with Gasteiger partial charge in [-0.25, -0.2) is 0 Å². The second-order valence-corrected chi connectivity index (χ2v) is 4.52. The van der Waals surface area contributed by atoms with Gasteiger partial charge in [0.25, 0.3) is 0 Å². The summed E-state index contributed by atoms with van der Waals surface area (Å²) in [6.07, 6.45) is 0. The summed E-state index contributed by atoms with van der Waals surface area (Å²) < 4.78 is 0. The zero-order valence-corrected chi connectivity index (χ0v) is 10.3. The largest absolute Gasteiger partial charge is 0.481 e. The van der Waals surface area contributed by atoms with Crippen molar-refractivity contribution in [2.45, 2.75) is 19.8 Å². The molecule has 17 heavy (non-hydrogen) atoms. The number of fused-ring (bicyclic) bond motifs is 1. The van der Waals surface area contributed by atoms with E-state index >= 15 is 0 Å². The van der Waals surface area contributed by atoms with Crippen LogP contribution in [-0.2, 0) is 4.79 Å². The van der Waals surface area contributed by atoms with Crippen LogP contribution >= 0.6 is 11.6 Å². The molecule has 1 heterocycles. The molecule has 0 fully saturated rings. The molecule has 0 bridgehead atoms. The Hall–Kier alpha value is -1.61. The molecule has 1 N–H and O–H groups in total. The maximum atomic E-state index is 11.0. The van der Waals surface area contributed by atoms with Crippen LogP contribution in [0.25, 0.3) is 10.9 Å². The number of rotatable bonds is 2. The summed E-state index contributed by atoms with van der Waals surface area (Å²) in [6, 6.07) is 7.36. The van der Waals surface area contributed by atoms with E-state index in [9.17, 15) is 4.79 Å². The Morgan fingerprint density at radius 2 is 2.12 bits per heavy atom. The van der Waals surface area contributed by atoms with Gasteiger partial charge in [-0.1, -0.05) is 17.7 Å². The van der Waals surface area contributed by atoms with E-state index in [1.54, 1.807) is 19.1 Å². The molecule has 0 aliphatic heterocycles. The Morgan fingerprint density at radius 3 is 2.76 bits per heavy atom. The first-order valence-electron chi connectivity index (χ1n) is 5.28. The van der Waals surface area contributed by atoms with Crippen molar-refractivity contribution < 1.29 is 9.90 Å². The predicted octanol–water partition coefficient (Wildman–Crippen LogP) is 3.38. The van der Waals surface area contributed by atoms with Crippen LogP contribution in [0, 0.1) is 6.92 Å². The van der Waals surface area contributed by atoms with E-state index < -0.39 is 11.9 Å². The number of aryl methyl sites for hydroxylation is 1. The second-order valence-electron chi connectivity index (χ2n) is 4.09. The number of aromatic nitrogens is 1. The van der Waals surface area contributed by atoms with E-state index in [-0.39, 0.29) is 0 Å². The van der Waals surface area contributed by atoms with Crippen LogP contribution in [0.5, 0.6) is 0 Å². The van der Waals surface area contributed by atoms with Crippen LogP contribution in [0.3, 0.4) is 0 Å². The number of pyridine rings is 1. The normalized spacial score (nSPS) is 12.6. The highest BCUT2D eigenvalue weighted by atomic mass is 35.5. The molecule has 0 saturated carbocycles. The minimum absolute atomic E-state index is 0.590. The predicted molar refractivity (Wildman–Crippen MR) is 67.5 cm³/mol. The van der Waals surface area contributed by atoms with E-state index in [0.29, 0.717) is 10.7 Å². The Kier molecular flexibility index (Phi) is 3.03. The summed E-state index contributed by atoms with van der Waals surface area (Å²) >= 11 is 5.90. The number of benzene rings is 1. The van der Waals surface area contributed by atoms with Crippen LogP contribution in [-0.4, -0.2) is 16.1 Å². The molecular formula is C13H12ClNO2. The average molecular weight is 250 g/mol. The smallest absolute Gasteiger partial charge is 0.312 e. The molecule has 0 aliphatic carbocycles. The number of carboxylic acid groups (broad SMARTS) is 1. The number of carboxylic acids is 1. The zero-order chi connectivity index (χ0) is 12.6. The number of carbonyl (C=O) groups is 1. The fourth-order valence-corrected chi connectivity index (χ4v) is 1.98. The van der Waals surface area contributed by atoms with Gasteiger partial charge >= 0.3 is 5.97 Å². The van der Waals surface area contributed by atoms with Crippen molar-refractivity contribution in [2.75, 3.05) is 0 Å². The molecule has 3 nitrogen and oxygen atoms in total. The van der Waals surface area contributed by atoms with Gasteiger partial charge in [-0.15, -0.1) is 0 Å². The Labute approximate surface area is 104 Å². The standard InChI is InChI=1S/C13H12ClNO2/c1-7-5-9-3-4-10(14)6-11(9)15-12(7)8(2)13(16)17/h3-6,8H,1-2H3,(H,16,17). The average Bonchev–Trinajstić information content (AvgIpc) is 2.27. The van der Waals surface area contributed by atoms with Gasteiger partial charge in [0.05, 0.1) is 17.1 Å². The summed E-state index contributed by atoms with van der Waals surface area (Å²) in [4.78, 5) is 15.4. The van der Waals surface area contributed by atoms with Gasteiger partial charge in [-0.3, -0.25) is 9.78 Å². The molecule has 0 saturated heterocycles. The maximum absolute atomic E-state index is 11.0. The van der Waals surface area contributed by atoms with Crippen molar-refractivity contribution in [1.82, 2.24) is 4.98 Å². The van der Waals surface area contributed by atoms with Crippen LogP contribution in [0.4, 0.5) is 0 Å². The van der Waals surface area contributed by atoms with Gasteiger partial charge < -0.3 is 5.11 Å². The molecule has 2 rings (SSSR count). The lowest BCUT2D eigenvalue weighted by Crippen LogP contribution is -2.11. The lowest BCUT2D eigenvalue weighted by molar-refractivity contribution is -0.138. The monoisotopic (exact) mass is 249 g/mol. The number of halogens is 1. The van der Waals surface area contributed by atoms with Crippen LogP contribution in [0.15, 0.2) is 24.3 Å². The van der Waals surface area contributed by atoms with E-state index in [1.807, 2.05) is 19.1 Å². The molecule has 0 spiro atoms. The van der Waals surface area contributed by atoms with Crippen molar-refractivity contribution in [2.24, 2.45) is 0 Å². The summed E-state index contributed by atoms with van der Waals surface area (Å²) in [5, 5.41) is 10.6. The maximum Gasteiger partial charge on any atom is 0.312 e. The Morgan fingerprint density at radius 1 is 1.41 bits per heavy atom. The van der Waals surface area contributed by atoms with Crippen LogP contribution in [0.2, 0.25) is 5.02 Å². The van der Waals surface area contributed by atoms with Crippen LogP contribution in [0.1, 0.15) is 24.1 Å². The number of nitrogens with zero attached hydrogens (tertiary/aromatic N) is 1. The van der Waals surface area contributed by atoms with Crippen molar-refractivity contribution in [3.8, 4) is 0 Å². The van der Waals surface area contributed by atoms with E-state index in [1.165, 1.54) is 0 Å². The number of hydrogen-bond acceptors (Lipinski definition) is 2. The molecule has 1 atom stereocenters. The number of aliphatic carboxylic acids is 1. The van der Waals surface area contributed by atoms with E-state index in [0.717, 1.165) is 16.5 Å². The molecule has 1 aromatic carbocycles. The first-order chi connectivity index (χ1) is 7.99. The molecule has 1 unspecified atom stereocenters. The van der Waals surface area contributed by atoms with Crippen molar-refractivity contribution in [3.05, 3.63) is 40.5 Å². The highest BCUT2D eigenvalue weighted by Crippen LogP contribution is 2.24. The summed E-state index contributed by atoms with van der Waals surface area (Å²) in [7, 11) is 0.